The first kappa shape index (κ1) is 14.1. The predicted molar refractivity (Wildman–Crippen MR) is 60.2 cm³/mol. The first-order valence-corrected chi connectivity index (χ1v) is 6.60. The molecule has 0 aliphatic rings. The SMILES string of the molecule is CNCC(C)C[SiH2]OCC(OC)OC. The van der Waals surface area contributed by atoms with E-state index in [-0.39, 0.29) is 6.29 Å². The third kappa shape index (κ3) is 7.46. The van der Waals surface area contributed by atoms with Gasteiger partial charge < -0.3 is 19.2 Å². The summed E-state index contributed by atoms with van der Waals surface area (Å²) < 4.78 is 15.6. The highest BCUT2D eigenvalue weighted by atomic mass is 28.2. The van der Waals surface area contributed by atoms with Gasteiger partial charge in [0.25, 0.3) is 0 Å². The summed E-state index contributed by atoms with van der Waals surface area (Å²) >= 11 is 0. The van der Waals surface area contributed by atoms with Crippen LogP contribution >= 0.6 is 0 Å². The van der Waals surface area contributed by atoms with Crippen LogP contribution in [0.25, 0.3) is 0 Å². The van der Waals surface area contributed by atoms with Gasteiger partial charge in [0.05, 0.1) is 6.61 Å². The number of ether oxygens (including phenoxy) is 2. The molecule has 0 aliphatic heterocycles. The van der Waals surface area contributed by atoms with Gasteiger partial charge in [-0.3, -0.25) is 0 Å². The van der Waals surface area contributed by atoms with Crippen LogP contribution in [0, 0.1) is 5.92 Å². The fourth-order valence-electron chi connectivity index (χ4n) is 1.15. The molecule has 0 rings (SSSR count). The maximum Gasteiger partial charge on any atom is 0.178 e. The van der Waals surface area contributed by atoms with Gasteiger partial charge >= 0.3 is 0 Å². The van der Waals surface area contributed by atoms with Crippen molar-refractivity contribution >= 4 is 9.76 Å². The molecule has 0 fully saturated rings. The lowest BCUT2D eigenvalue weighted by Crippen LogP contribution is -2.23. The highest BCUT2D eigenvalue weighted by Crippen LogP contribution is 2.00. The number of hydrogen-bond donors (Lipinski definition) is 1. The Morgan fingerprint density at radius 1 is 1.29 bits per heavy atom. The van der Waals surface area contributed by atoms with E-state index in [9.17, 15) is 0 Å². The molecule has 1 N–H and O–H groups in total. The van der Waals surface area contributed by atoms with Gasteiger partial charge in [-0.15, -0.1) is 0 Å². The maximum atomic E-state index is 5.56. The molecule has 0 saturated heterocycles. The third-order valence-corrected chi connectivity index (χ3v) is 3.83. The van der Waals surface area contributed by atoms with Crippen molar-refractivity contribution in [3.63, 3.8) is 0 Å². The third-order valence-electron chi connectivity index (χ3n) is 2.09. The van der Waals surface area contributed by atoms with Crippen LogP contribution in [0.3, 0.4) is 0 Å². The van der Waals surface area contributed by atoms with Crippen LogP contribution < -0.4 is 5.32 Å². The van der Waals surface area contributed by atoms with Crippen molar-refractivity contribution < 1.29 is 13.9 Å². The molecule has 0 radical (unpaired) electrons. The summed E-state index contributed by atoms with van der Waals surface area (Å²) in [5.41, 5.74) is 0. The molecule has 5 heteroatoms. The van der Waals surface area contributed by atoms with Crippen molar-refractivity contribution in [1.29, 1.82) is 0 Å². The minimum atomic E-state index is -0.418. The Morgan fingerprint density at radius 3 is 2.43 bits per heavy atom. The second-order valence-corrected chi connectivity index (χ2v) is 4.82. The first-order valence-electron chi connectivity index (χ1n) is 5.02. The van der Waals surface area contributed by atoms with Crippen molar-refractivity contribution in [2.24, 2.45) is 5.92 Å². The largest absolute Gasteiger partial charge is 0.419 e. The van der Waals surface area contributed by atoms with Crippen molar-refractivity contribution in [2.75, 3.05) is 34.4 Å². The Labute approximate surface area is 89.2 Å². The van der Waals surface area contributed by atoms with E-state index in [4.69, 9.17) is 13.9 Å². The number of rotatable bonds is 9. The minimum Gasteiger partial charge on any atom is -0.419 e. The topological polar surface area (TPSA) is 39.7 Å². The summed E-state index contributed by atoms with van der Waals surface area (Å²) in [6.07, 6.45) is -0.206. The lowest BCUT2D eigenvalue weighted by atomic mass is 10.2. The molecule has 1 unspecified atom stereocenters. The van der Waals surface area contributed by atoms with Crippen LogP contribution in [0.1, 0.15) is 6.92 Å². The minimum absolute atomic E-state index is 0.206. The molecule has 86 valence electrons. The molecular weight excluding hydrogens is 198 g/mol. The van der Waals surface area contributed by atoms with Gasteiger partial charge in [0.1, 0.15) is 0 Å². The Hall–Kier alpha value is 0.0569. The predicted octanol–water partition coefficient (Wildman–Crippen LogP) is -0.0205. The van der Waals surface area contributed by atoms with E-state index < -0.39 is 9.76 Å². The molecule has 0 aromatic heterocycles. The molecule has 0 heterocycles. The van der Waals surface area contributed by atoms with Gasteiger partial charge in [0.15, 0.2) is 16.1 Å². The molecule has 1 atom stereocenters. The molecule has 0 aliphatic carbocycles. The summed E-state index contributed by atoms with van der Waals surface area (Å²) in [6.45, 7) is 3.86. The maximum absolute atomic E-state index is 5.56. The van der Waals surface area contributed by atoms with Crippen LogP contribution in [0.15, 0.2) is 0 Å². The normalized spacial score (nSPS) is 14.4. The monoisotopic (exact) mass is 221 g/mol. The van der Waals surface area contributed by atoms with Gasteiger partial charge in [-0.1, -0.05) is 6.92 Å². The summed E-state index contributed by atoms with van der Waals surface area (Å²) in [6, 6.07) is 1.20. The molecular formula is C9H23NO3Si. The lowest BCUT2D eigenvalue weighted by Gasteiger charge is -2.15. The quantitative estimate of drug-likeness (QED) is 0.337. The van der Waals surface area contributed by atoms with Crippen LogP contribution in [0.2, 0.25) is 6.04 Å². The Bertz CT molecular complexity index is 123. The van der Waals surface area contributed by atoms with Gasteiger partial charge in [-0.05, 0) is 25.6 Å². The van der Waals surface area contributed by atoms with E-state index in [1.807, 2.05) is 7.05 Å². The van der Waals surface area contributed by atoms with E-state index in [0.717, 1.165) is 6.54 Å². The molecule has 0 aromatic rings. The molecule has 0 aromatic carbocycles. The molecule has 14 heavy (non-hydrogen) atoms. The van der Waals surface area contributed by atoms with Crippen molar-refractivity contribution in [3.05, 3.63) is 0 Å². The van der Waals surface area contributed by atoms with Crippen LogP contribution in [0.4, 0.5) is 0 Å². The fourth-order valence-corrected chi connectivity index (χ4v) is 2.28. The average molecular weight is 221 g/mol. The average Bonchev–Trinajstić information content (AvgIpc) is 2.19. The summed E-state index contributed by atoms with van der Waals surface area (Å²) in [5, 5.41) is 3.16. The molecule has 0 saturated carbocycles. The zero-order valence-corrected chi connectivity index (χ0v) is 11.1. The highest BCUT2D eigenvalue weighted by molar-refractivity contribution is 6.27. The van der Waals surface area contributed by atoms with Gasteiger partial charge in [-0.25, -0.2) is 0 Å². The summed E-state index contributed by atoms with van der Waals surface area (Å²) in [4.78, 5) is 0. The second kappa shape index (κ2) is 9.61. The van der Waals surface area contributed by atoms with Crippen molar-refractivity contribution in [3.8, 4) is 0 Å². The summed E-state index contributed by atoms with van der Waals surface area (Å²) in [5.74, 6) is 0.704. The molecule has 4 nitrogen and oxygen atoms in total. The van der Waals surface area contributed by atoms with E-state index >= 15 is 0 Å². The van der Waals surface area contributed by atoms with Crippen LogP contribution in [-0.4, -0.2) is 50.5 Å². The van der Waals surface area contributed by atoms with Gasteiger partial charge in [0.2, 0.25) is 0 Å². The standard InChI is InChI=1S/C9H23NO3Si/c1-8(5-10-2)7-14-13-6-9(11-3)12-4/h8-10H,5-7,14H2,1-4H3. The highest BCUT2D eigenvalue weighted by Gasteiger charge is 2.05. The van der Waals surface area contributed by atoms with Crippen molar-refractivity contribution in [2.45, 2.75) is 19.3 Å². The first-order chi connectivity index (χ1) is 6.74. The molecule has 0 bridgehead atoms. The number of nitrogens with one attached hydrogen (secondary N) is 1. The molecule has 0 spiro atoms. The Kier molecular flexibility index (Phi) is 9.64. The Balaban J connectivity index is 3.27. The smallest absolute Gasteiger partial charge is 0.178 e. The number of hydrogen-bond acceptors (Lipinski definition) is 4. The van der Waals surface area contributed by atoms with E-state index in [1.165, 1.54) is 6.04 Å². The zero-order chi connectivity index (χ0) is 10.8. The Morgan fingerprint density at radius 2 is 1.93 bits per heavy atom. The summed E-state index contributed by atoms with van der Waals surface area (Å²) in [7, 11) is 4.81. The number of methoxy groups -OCH3 is 2. The van der Waals surface area contributed by atoms with Gasteiger partial charge in [0, 0.05) is 14.2 Å². The van der Waals surface area contributed by atoms with Gasteiger partial charge in [-0.2, -0.15) is 0 Å². The van der Waals surface area contributed by atoms with E-state index in [2.05, 4.69) is 12.2 Å². The van der Waals surface area contributed by atoms with E-state index in [1.54, 1.807) is 14.2 Å². The van der Waals surface area contributed by atoms with Crippen LogP contribution in [-0.2, 0) is 13.9 Å². The van der Waals surface area contributed by atoms with Crippen molar-refractivity contribution in [1.82, 2.24) is 5.32 Å². The van der Waals surface area contributed by atoms with E-state index in [0.29, 0.717) is 12.5 Å². The lowest BCUT2D eigenvalue weighted by molar-refractivity contribution is -0.122. The zero-order valence-electron chi connectivity index (χ0n) is 9.71. The fraction of sp³-hybridized carbons (Fsp3) is 1.00. The second-order valence-electron chi connectivity index (χ2n) is 3.43. The van der Waals surface area contributed by atoms with Crippen LogP contribution in [0.5, 0.6) is 0 Å². The molecule has 0 amide bonds.